The zero-order valence-corrected chi connectivity index (χ0v) is 18.1. The van der Waals surface area contributed by atoms with Gasteiger partial charge in [0.1, 0.15) is 0 Å². The fourth-order valence-corrected chi connectivity index (χ4v) is 5.68. The Hall–Kier alpha value is -1.86. The zero-order chi connectivity index (χ0) is 18.9. The Labute approximate surface area is 171 Å². The molecule has 0 heterocycles. The maximum atomic E-state index is 11.7. The summed E-state index contributed by atoms with van der Waals surface area (Å²) in [6, 6.07) is 30.9. The maximum absolute atomic E-state index is 11.7. The molecule has 0 aliphatic heterocycles. The Morgan fingerprint density at radius 3 is 1.96 bits per heavy atom. The molecule has 1 unspecified atom stereocenters. The molecular formula is C24H22O2W. The van der Waals surface area contributed by atoms with Gasteiger partial charge < -0.3 is 0 Å². The first-order valence-corrected chi connectivity index (χ1v) is 10.6. The molecule has 27 heavy (non-hydrogen) atoms. The molecular weight excluding hydrogens is 504 g/mol. The van der Waals surface area contributed by atoms with E-state index in [1.165, 1.54) is 24.9 Å². The second-order valence-electron chi connectivity index (χ2n) is 7.00. The van der Waals surface area contributed by atoms with Crippen molar-refractivity contribution in [2.75, 3.05) is 7.11 Å². The summed E-state index contributed by atoms with van der Waals surface area (Å²) in [5, 5.41) is 11.7. The second-order valence-corrected chi connectivity index (χ2v) is 8.45. The molecule has 1 saturated carbocycles. The fourth-order valence-electron chi connectivity index (χ4n) is 4.49. The average molecular weight is 526 g/mol. The predicted octanol–water partition coefficient (Wildman–Crippen LogP) is 4.39. The van der Waals surface area contributed by atoms with Crippen molar-refractivity contribution < 1.29 is 29.2 Å². The molecule has 1 N–H and O–H groups in total. The summed E-state index contributed by atoms with van der Waals surface area (Å²) in [5.74, 6) is 0.335. The Bertz CT molecular complexity index is 911. The molecule has 136 valence electrons. The van der Waals surface area contributed by atoms with Crippen LogP contribution in [0.5, 0.6) is 0 Å². The monoisotopic (exact) mass is 526 g/mol. The summed E-state index contributed by atoms with van der Waals surface area (Å²) < 4.78 is 6.78. The van der Waals surface area contributed by atoms with Crippen LogP contribution < -0.4 is 0 Å². The van der Waals surface area contributed by atoms with Crippen molar-refractivity contribution in [1.29, 1.82) is 0 Å². The van der Waals surface area contributed by atoms with Crippen molar-refractivity contribution in [2.24, 2.45) is 5.92 Å². The molecule has 0 saturated heterocycles. The van der Waals surface area contributed by atoms with Gasteiger partial charge in [-0.25, -0.2) is 0 Å². The molecule has 0 radical (unpaired) electrons. The van der Waals surface area contributed by atoms with Gasteiger partial charge in [0.2, 0.25) is 0 Å². The van der Waals surface area contributed by atoms with E-state index in [1.54, 1.807) is 7.11 Å². The average Bonchev–Trinajstić information content (AvgIpc) is 3.46. The van der Waals surface area contributed by atoms with E-state index in [2.05, 4.69) is 48.5 Å². The first kappa shape index (κ1) is 18.5. The normalized spacial score (nSPS) is 25.0. The molecule has 0 bridgehead atoms. The summed E-state index contributed by atoms with van der Waals surface area (Å²) in [6.07, 6.45) is -0.610. The third-order valence-electron chi connectivity index (χ3n) is 5.71. The third-order valence-corrected chi connectivity index (χ3v) is 7.22. The minimum absolute atomic E-state index is 0.150. The Balaban J connectivity index is 1.91. The quantitative estimate of drug-likeness (QED) is 0.517. The van der Waals surface area contributed by atoms with E-state index < -0.39 is 11.5 Å². The first-order valence-electron chi connectivity index (χ1n) is 9.12. The van der Waals surface area contributed by atoms with E-state index in [9.17, 15) is 5.11 Å². The van der Waals surface area contributed by atoms with E-state index in [4.69, 9.17) is 4.74 Å². The number of aliphatic hydroxyl groups is 1. The van der Waals surface area contributed by atoms with Gasteiger partial charge in [-0.05, 0) is 0 Å². The van der Waals surface area contributed by atoms with Crippen molar-refractivity contribution in [3.8, 4) is 0 Å². The van der Waals surface area contributed by atoms with Crippen LogP contribution in [0.25, 0.3) is 0 Å². The summed E-state index contributed by atoms with van der Waals surface area (Å²) in [7, 11) is 1.74. The van der Waals surface area contributed by atoms with Gasteiger partial charge in [-0.15, -0.1) is 0 Å². The van der Waals surface area contributed by atoms with Crippen LogP contribution in [0.1, 0.15) is 28.7 Å². The van der Waals surface area contributed by atoms with Gasteiger partial charge in [-0.1, -0.05) is 0 Å². The van der Waals surface area contributed by atoms with Crippen molar-refractivity contribution in [1.82, 2.24) is 0 Å². The van der Waals surface area contributed by atoms with Crippen LogP contribution in [0.2, 0.25) is 0 Å². The Morgan fingerprint density at radius 1 is 0.889 bits per heavy atom. The standard InChI is InChI=1S/C24H22O2.W/c1-26-17-21-22(18-11-5-2-6-12-18)24(21,20-15-9-4-10-16-20)23(25)19-13-7-3-8-14-19;/h2-16,21-23,25H,1H3;/t21-,22-,23?,24+;/m1./s1. The SMILES string of the molecule is CO[C](=[W])[C@@H]1[C@@H](c2ccccc2)[C@@]1(c1ccccc1)C(O)c1ccccc1. The van der Waals surface area contributed by atoms with Crippen molar-refractivity contribution in [3.63, 3.8) is 0 Å². The molecule has 0 spiro atoms. The molecule has 4 rings (SSSR count). The van der Waals surface area contributed by atoms with Gasteiger partial charge in [0.25, 0.3) is 0 Å². The molecule has 1 fully saturated rings. The number of hydrogen-bond donors (Lipinski definition) is 1. The number of rotatable bonds is 6. The fraction of sp³-hybridized carbons (Fsp3) is 0.208. The van der Waals surface area contributed by atoms with Crippen molar-refractivity contribution in [2.45, 2.75) is 17.4 Å². The Kier molecular flexibility index (Phi) is 5.23. The third kappa shape index (κ3) is 3.06. The van der Waals surface area contributed by atoms with Crippen LogP contribution in [0.15, 0.2) is 91.0 Å². The van der Waals surface area contributed by atoms with Crippen LogP contribution in [0.4, 0.5) is 0 Å². The van der Waals surface area contributed by atoms with Crippen molar-refractivity contribution in [3.05, 3.63) is 108 Å². The van der Waals surface area contributed by atoms with Gasteiger partial charge in [-0.3, -0.25) is 0 Å². The van der Waals surface area contributed by atoms with Gasteiger partial charge in [0.15, 0.2) is 0 Å². The van der Waals surface area contributed by atoms with E-state index in [0.717, 1.165) is 15.2 Å². The molecule has 2 nitrogen and oxygen atoms in total. The number of ether oxygens (including phenoxy) is 1. The van der Waals surface area contributed by atoms with Crippen LogP contribution in [-0.4, -0.2) is 16.3 Å². The van der Waals surface area contributed by atoms with Crippen LogP contribution >= 0.6 is 0 Å². The zero-order valence-electron chi connectivity index (χ0n) is 15.2. The molecule has 4 atom stereocenters. The molecule has 0 aromatic heterocycles. The van der Waals surface area contributed by atoms with E-state index in [1.807, 2.05) is 42.5 Å². The predicted molar refractivity (Wildman–Crippen MR) is 104 cm³/mol. The summed E-state index contributed by atoms with van der Waals surface area (Å²) in [6.45, 7) is 0. The second kappa shape index (κ2) is 7.64. The first-order chi connectivity index (χ1) is 13.2. The van der Waals surface area contributed by atoms with E-state index in [0.29, 0.717) is 0 Å². The van der Waals surface area contributed by atoms with Gasteiger partial charge >= 0.3 is 171 Å². The van der Waals surface area contributed by atoms with E-state index >= 15 is 0 Å². The van der Waals surface area contributed by atoms with Crippen LogP contribution in [0, 0.1) is 5.92 Å². The molecule has 1 aliphatic rings. The van der Waals surface area contributed by atoms with Gasteiger partial charge in [-0.2, -0.15) is 0 Å². The molecule has 3 aromatic carbocycles. The van der Waals surface area contributed by atoms with E-state index in [-0.39, 0.29) is 11.8 Å². The summed E-state index contributed by atoms with van der Waals surface area (Å²) >= 11 is 1.32. The molecule has 0 amide bonds. The summed E-state index contributed by atoms with van der Waals surface area (Å²) in [5.41, 5.74) is 2.94. The Morgan fingerprint density at radius 2 is 1.41 bits per heavy atom. The number of aliphatic hydroxyl groups excluding tert-OH is 1. The summed E-state index contributed by atoms with van der Waals surface area (Å²) in [4.78, 5) is 0. The molecule has 3 aromatic rings. The minimum atomic E-state index is -0.610. The van der Waals surface area contributed by atoms with Gasteiger partial charge in [0.05, 0.1) is 0 Å². The van der Waals surface area contributed by atoms with Crippen molar-refractivity contribution >= 4 is 4.08 Å². The molecule has 3 heteroatoms. The number of benzene rings is 3. The number of methoxy groups -OCH3 is 1. The van der Waals surface area contributed by atoms with Crippen LogP contribution in [0.3, 0.4) is 0 Å². The van der Waals surface area contributed by atoms with Crippen LogP contribution in [-0.2, 0) is 29.5 Å². The van der Waals surface area contributed by atoms with Gasteiger partial charge in [0, 0.05) is 0 Å². The molecule has 1 aliphatic carbocycles. The topological polar surface area (TPSA) is 29.5 Å². The number of hydrogen-bond acceptors (Lipinski definition) is 2.